The first-order chi connectivity index (χ1) is 9.97. The van der Waals surface area contributed by atoms with Crippen molar-refractivity contribution in [1.29, 1.82) is 0 Å². The monoisotopic (exact) mass is 327 g/mol. The van der Waals surface area contributed by atoms with Gasteiger partial charge in [0.1, 0.15) is 0 Å². The van der Waals surface area contributed by atoms with E-state index in [1.54, 1.807) is 12.1 Å². The van der Waals surface area contributed by atoms with Gasteiger partial charge in [0.25, 0.3) is 5.91 Å². The van der Waals surface area contributed by atoms with E-state index in [-0.39, 0.29) is 11.8 Å². The largest absolute Gasteiger partial charge is 0.425 e. The van der Waals surface area contributed by atoms with Crippen LogP contribution in [0.3, 0.4) is 0 Å². The van der Waals surface area contributed by atoms with Crippen molar-refractivity contribution in [1.82, 2.24) is 15.5 Å². The lowest BCUT2D eigenvalue weighted by molar-refractivity contribution is 0.0953. The predicted molar refractivity (Wildman–Crippen MR) is 80.9 cm³/mol. The Kier molecular flexibility index (Phi) is 5.20. The van der Waals surface area contributed by atoms with Crippen LogP contribution in [-0.2, 0) is 6.42 Å². The number of amides is 1. The van der Waals surface area contributed by atoms with E-state index in [2.05, 4.69) is 15.5 Å². The van der Waals surface area contributed by atoms with E-state index in [9.17, 15) is 4.79 Å². The van der Waals surface area contributed by atoms with Crippen LogP contribution in [0.2, 0.25) is 10.0 Å². The smallest absolute Gasteiger partial charge is 0.252 e. The van der Waals surface area contributed by atoms with Gasteiger partial charge in [0, 0.05) is 23.9 Å². The van der Waals surface area contributed by atoms with E-state index in [0.29, 0.717) is 40.4 Å². The molecular weight excluding hydrogens is 313 g/mol. The van der Waals surface area contributed by atoms with E-state index >= 15 is 0 Å². The molecule has 0 aliphatic heterocycles. The molecule has 0 aliphatic rings. The van der Waals surface area contributed by atoms with Gasteiger partial charge in [-0.3, -0.25) is 4.79 Å². The van der Waals surface area contributed by atoms with Crippen molar-refractivity contribution in [2.45, 2.75) is 26.2 Å². The third-order valence-electron chi connectivity index (χ3n) is 2.78. The van der Waals surface area contributed by atoms with Crippen molar-refractivity contribution in [3.05, 3.63) is 45.6 Å². The van der Waals surface area contributed by atoms with Gasteiger partial charge in [-0.1, -0.05) is 37.0 Å². The molecular formula is C14H15Cl2N3O2. The van der Waals surface area contributed by atoms with Crippen molar-refractivity contribution in [3.63, 3.8) is 0 Å². The molecule has 5 nitrogen and oxygen atoms in total. The second-order valence-electron chi connectivity index (χ2n) is 4.82. The van der Waals surface area contributed by atoms with Crippen molar-refractivity contribution in [3.8, 4) is 0 Å². The lowest BCUT2D eigenvalue weighted by atomic mass is 10.2. The maximum atomic E-state index is 12.0. The second kappa shape index (κ2) is 6.91. The van der Waals surface area contributed by atoms with Gasteiger partial charge in [-0.05, 0) is 18.2 Å². The van der Waals surface area contributed by atoms with Gasteiger partial charge in [0.05, 0.1) is 10.6 Å². The van der Waals surface area contributed by atoms with E-state index in [1.165, 1.54) is 6.07 Å². The highest BCUT2D eigenvalue weighted by Crippen LogP contribution is 2.20. The van der Waals surface area contributed by atoms with Crippen molar-refractivity contribution in [2.75, 3.05) is 6.54 Å². The summed E-state index contributed by atoms with van der Waals surface area (Å²) in [5.74, 6) is 1.02. The molecule has 21 heavy (non-hydrogen) atoms. The van der Waals surface area contributed by atoms with Crippen LogP contribution in [-0.4, -0.2) is 22.6 Å². The normalized spacial score (nSPS) is 10.9. The number of hydrogen-bond acceptors (Lipinski definition) is 4. The minimum Gasteiger partial charge on any atom is -0.425 e. The molecule has 0 bridgehead atoms. The van der Waals surface area contributed by atoms with Crippen LogP contribution in [0.1, 0.15) is 41.9 Å². The Morgan fingerprint density at radius 1 is 1.33 bits per heavy atom. The molecule has 1 aromatic carbocycles. The standard InChI is InChI=1S/C14H15Cl2N3O2/c1-8(2)14-19-18-12(21-14)5-6-17-13(20)10-4-3-9(15)7-11(10)16/h3-4,7-8H,5-6H2,1-2H3,(H,17,20). The predicted octanol–water partition coefficient (Wildman–Crippen LogP) is 3.47. The Morgan fingerprint density at radius 2 is 2.10 bits per heavy atom. The minimum atomic E-state index is -0.264. The first kappa shape index (κ1) is 15.8. The van der Waals surface area contributed by atoms with Crippen LogP contribution in [0.15, 0.2) is 22.6 Å². The number of halogens is 2. The van der Waals surface area contributed by atoms with Gasteiger partial charge in [0.15, 0.2) is 0 Å². The first-order valence-corrected chi connectivity index (χ1v) is 7.28. The summed E-state index contributed by atoms with van der Waals surface area (Å²) in [6, 6.07) is 4.74. The zero-order valence-corrected chi connectivity index (χ0v) is 13.2. The van der Waals surface area contributed by atoms with E-state index in [4.69, 9.17) is 27.6 Å². The Labute approximate surface area is 132 Å². The summed E-state index contributed by atoms with van der Waals surface area (Å²) < 4.78 is 5.46. The minimum absolute atomic E-state index is 0.189. The number of hydrogen-bond donors (Lipinski definition) is 1. The van der Waals surface area contributed by atoms with E-state index in [1.807, 2.05) is 13.8 Å². The third kappa shape index (κ3) is 4.19. The molecule has 0 atom stereocenters. The van der Waals surface area contributed by atoms with Crippen LogP contribution >= 0.6 is 23.2 Å². The maximum Gasteiger partial charge on any atom is 0.252 e. The lowest BCUT2D eigenvalue weighted by Gasteiger charge is -2.05. The number of aromatic nitrogens is 2. The maximum absolute atomic E-state index is 12.0. The molecule has 0 saturated carbocycles. The Balaban J connectivity index is 1.89. The fourth-order valence-electron chi connectivity index (χ4n) is 1.65. The summed E-state index contributed by atoms with van der Waals surface area (Å²) >= 11 is 11.8. The average molecular weight is 328 g/mol. The van der Waals surface area contributed by atoms with Gasteiger partial charge >= 0.3 is 0 Å². The Morgan fingerprint density at radius 3 is 2.71 bits per heavy atom. The Bertz CT molecular complexity index is 641. The second-order valence-corrected chi connectivity index (χ2v) is 5.66. The quantitative estimate of drug-likeness (QED) is 0.912. The highest BCUT2D eigenvalue weighted by Gasteiger charge is 2.12. The molecule has 0 unspecified atom stereocenters. The number of carbonyl (C=O) groups is 1. The summed E-state index contributed by atoms with van der Waals surface area (Å²) in [6.07, 6.45) is 0.469. The third-order valence-corrected chi connectivity index (χ3v) is 3.32. The SMILES string of the molecule is CC(C)c1nnc(CCNC(=O)c2ccc(Cl)cc2Cl)o1. The van der Waals surface area contributed by atoms with Crippen LogP contribution in [0.4, 0.5) is 0 Å². The van der Waals surface area contributed by atoms with Crippen molar-refractivity contribution >= 4 is 29.1 Å². The van der Waals surface area contributed by atoms with Crippen LogP contribution < -0.4 is 5.32 Å². The molecule has 1 N–H and O–H groups in total. The van der Waals surface area contributed by atoms with Crippen LogP contribution in [0.5, 0.6) is 0 Å². The molecule has 7 heteroatoms. The molecule has 0 aliphatic carbocycles. The highest BCUT2D eigenvalue weighted by atomic mass is 35.5. The zero-order valence-electron chi connectivity index (χ0n) is 11.7. The fraction of sp³-hybridized carbons (Fsp3) is 0.357. The van der Waals surface area contributed by atoms with Crippen LogP contribution in [0.25, 0.3) is 0 Å². The molecule has 0 fully saturated rings. The highest BCUT2D eigenvalue weighted by molar-refractivity contribution is 6.36. The summed E-state index contributed by atoms with van der Waals surface area (Å²) in [7, 11) is 0. The van der Waals surface area contributed by atoms with Gasteiger partial charge in [-0.25, -0.2) is 0 Å². The van der Waals surface area contributed by atoms with Crippen molar-refractivity contribution in [2.24, 2.45) is 0 Å². The number of nitrogens with zero attached hydrogens (tertiary/aromatic N) is 2. The summed E-state index contributed by atoms with van der Waals surface area (Å²) in [6.45, 7) is 4.33. The summed E-state index contributed by atoms with van der Waals surface area (Å²) in [5.41, 5.74) is 0.384. The van der Waals surface area contributed by atoms with Crippen LogP contribution in [0, 0.1) is 0 Å². The molecule has 2 rings (SSSR count). The first-order valence-electron chi connectivity index (χ1n) is 6.53. The summed E-state index contributed by atoms with van der Waals surface area (Å²) in [5, 5.41) is 11.4. The molecule has 0 saturated heterocycles. The van der Waals surface area contributed by atoms with Gasteiger partial charge in [-0.15, -0.1) is 10.2 Å². The topological polar surface area (TPSA) is 68.0 Å². The lowest BCUT2D eigenvalue weighted by Crippen LogP contribution is -2.26. The van der Waals surface area contributed by atoms with Crippen molar-refractivity contribution < 1.29 is 9.21 Å². The van der Waals surface area contributed by atoms with Gasteiger partial charge in [-0.2, -0.15) is 0 Å². The number of nitrogens with one attached hydrogen (secondary N) is 1. The molecule has 0 radical (unpaired) electrons. The number of rotatable bonds is 5. The fourth-order valence-corrected chi connectivity index (χ4v) is 2.15. The molecule has 112 valence electrons. The number of carbonyl (C=O) groups excluding carboxylic acids is 1. The molecule has 1 amide bonds. The molecule has 1 aromatic heterocycles. The summed E-state index contributed by atoms with van der Waals surface area (Å²) in [4.78, 5) is 12.0. The van der Waals surface area contributed by atoms with Gasteiger partial charge < -0.3 is 9.73 Å². The zero-order chi connectivity index (χ0) is 15.4. The molecule has 1 heterocycles. The number of benzene rings is 1. The van der Waals surface area contributed by atoms with Gasteiger partial charge in [0.2, 0.25) is 11.8 Å². The van der Waals surface area contributed by atoms with E-state index < -0.39 is 0 Å². The van der Waals surface area contributed by atoms with E-state index in [0.717, 1.165) is 0 Å². The molecule has 2 aromatic rings. The average Bonchev–Trinajstić information content (AvgIpc) is 2.87. The molecule has 0 spiro atoms. The Hall–Kier alpha value is -1.59.